The van der Waals surface area contributed by atoms with Gasteiger partial charge >= 0.3 is 11.9 Å². The molecule has 2 unspecified atom stereocenters. The molecule has 14 heteroatoms. The summed E-state index contributed by atoms with van der Waals surface area (Å²) in [6.07, 6.45) is 0.166. The number of carboxylic acid groups (broad SMARTS) is 2. The van der Waals surface area contributed by atoms with Gasteiger partial charge in [-0.1, -0.05) is 10.2 Å². The molecule has 26 heavy (non-hydrogen) atoms. The Morgan fingerprint density at radius 2 is 1.19 bits per heavy atom. The van der Waals surface area contributed by atoms with E-state index in [0.717, 1.165) is 0 Å². The molecule has 0 bridgehead atoms. The number of hydrazine groups is 1. The number of azide groups is 2. The van der Waals surface area contributed by atoms with Crippen molar-refractivity contribution in [2.75, 3.05) is 0 Å². The maximum absolute atomic E-state index is 11.2. The van der Waals surface area contributed by atoms with Crippen molar-refractivity contribution in [2.24, 2.45) is 21.7 Å². The van der Waals surface area contributed by atoms with Crippen LogP contribution in [0.4, 0.5) is 0 Å². The molecule has 0 radical (unpaired) electrons. The van der Waals surface area contributed by atoms with Crippen molar-refractivity contribution < 1.29 is 19.8 Å². The van der Waals surface area contributed by atoms with Gasteiger partial charge < -0.3 is 21.7 Å². The second-order valence-corrected chi connectivity index (χ2v) is 5.48. The topological polar surface area (TPSA) is 248 Å². The lowest BCUT2D eigenvalue weighted by Crippen LogP contribution is -2.52. The molecule has 0 heterocycles. The van der Waals surface area contributed by atoms with Crippen LogP contribution in [0.5, 0.6) is 0 Å². The summed E-state index contributed by atoms with van der Waals surface area (Å²) in [5, 5.41) is 24.9. The minimum Gasteiger partial charge on any atom is -0.480 e. The Morgan fingerprint density at radius 1 is 0.846 bits per heavy atom. The molecule has 14 nitrogen and oxygen atoms in total. The lowest BCUT2D eigenvalue weighted by atomic mass is 10.1. The van der Waals surface area contributed by atoms with E-state index in [1.165, 1.54) is 0 Å². The van der Waals surface area contributed by atoms with E-state index in [0.29, 0.717) is 25.7 Å². The first-order valence-electron chi connectivity index (χ1n) is 7.88. The van der Waals surface area contributed by atoms with E-state index in [2.05, 4.69) is 30.9 Å². The summed E-state index contributed by atoms with van der Waals surface area (Å²) in [5.74, 6) is -2.33. The fraction of sp³-hybridized carbons (Fsp3) is 0.833. The molecule has 0 fully saturated rings. The van der Waals surface area contributed by atoms with Crippen molar-refractivity contribution in [3.63, 3.8) is 0 Å². The van der Waals surface area contributed by atoms with Crippen LogP contribution in [0, 0.1) is 0 Å². The van der Waals surface area contributed by atoms with Crippen LogP contribution in [0.1, 0.15) is 38.5 Å². The fourth-order valence-electron chi connectivity index (χ4n) is 2.03. The number of hydrogen-bond acceptors (Lipinski definition) is 8. The number of nitrogens with one attached hydrogen (secondary N) is 2. The van der Waals surface area contributed by atoms with Gasteiger partial charge in [0.2, 0.25) is 0 Å². The number of nitrogens with zero attached hydrogens (tertiary/aromatic N) is 6. The summed E-state index contributed by atoms with van der Waals surface area (Å²) in [7, 11) is 0. The minimum absolute atomic E-state index is 0.158. The van der Waals surface area contributed by atoms with Gasteiger partial charge in [0.25, 0.3) is 0 Å². The first kappa shape index (κ1) is 23.4. The second kappa shape index (κ2) is 13.7. The maximum atomic E-state index is 11.2. The molecule has 0 rings (SSSR count). The zero-order chi connectivity index (χ0) is 19.9. The van der Waals surface area contributed by atoms with Gasteiger partial charge in [0.05, 0.1) is 12.3 Å². The summed E-state index contributed by atoms with van der Waals surface area (Å²) < 4.78 is 0. The summed E-state index contributed by atoms with van der Waals surface area (Å²) in [5.41, 5.74) is 32.4. The van der Waals surface area contributed by atoms with E-state index < -0.39 is 36.4 Å². The zero-order valence-corrected chi connectivity index (χ0v) is 14.1. The molecule has 8 N–H and O–H groups in total. The molecule has 0 saturated heterocycles. The predicted octanol–water partition coefficient (Wildman–Crippen LogP) is 0.518. The van der Waals surface area contributed by atoms with Crippen molar-refractivity contribution in [3.05, 3.63) is 20.9 Å². The smallest absolute Gasteiger partial charge is 0.322 e. The molecule has 4 atom stereocenters. The van der Waals surface area contributed by atoms with E-state index in [9.17, 15) is 19.8 Å². The van der Waals surface area contributed by atoms with E-state index in [1.54, 1.807) is 0 Å². The normalized spacial score (nSPS) is 15.0. The average molecular weight is 372 g/mol. The minimum atomic E-state index is -1.16. The monoisotopic (exact) mass is 372 g/mol. The van der Waals surface area contributed by atoms with Gasteiger partial charge in [-0.25, -0.2) is 10.9 Å². The fourth-order valence-corrected chi connectivity index (χ4v) is 2.03. The Labute approximate surface area is 149 Å². The van der Waals surface area contributed by atoms with Gasteiger partial charge in [0.15, 0.2) is 0 Å². The van der Waals surface area contributed by atoms with Gasteiger partial charge in [0.1, 0.15) is 12.1 Å². The molecule has 0 saturated carbocycles. The van der Waals surface area contributed by atoms with Crippen LogP contribution in [-0.2, 0) is 9.59 Å². The molecule has 0 aliphatic carbocycles. The van der Waals surface area contributed by atoms with Crippen LogP contribution in [0.25, 0.3) is 20.9 Å². The van der Waals surface area contributed by atoms with Crippen LogP contribution >= 0.6 is 0 Å². The number of carbonyl (C=O) groups is 2. The number of aliphatic carboxylic acids is 2. The maximum Gasteiger partial charge on any atom is 0.322 e. The number of rotatable bonds is 15. The van der Waals surface area contributed by atoms with Crippen molar-refractivity contribution in [1.82, 2.24) is 10.9 Å². The van der Waals surface area contributed by atoms with Gasteiger partial charge in [0, 0.05) is 9.82 Å². The Balaban J connectivity index is 4.41. The highest BCUT2D eigenvalue weighted by atomic mass is 16.4. The molecule has 0 spiro atoms. The molecule has 0 aromatic rings. The van der Waals surface area contributed by atoms with Crippen molar-refractivity contribution in [1.29, 1.82) is 0 Å². The number of hydrogen-bond donors (Lipinski definition) is 6. The van der Waals surface area contributed by atoms with E-state index in [1.807, 2.05) is 0 Å². The summed E-state index contributed by atoms with van der Waals surface area (Å²) in [6, 6.07) is -2.08. The molecule has 0 aliphatic heterocycles. The number of carboxylic acids is 2. The Kier molecular flexibility index (Phi) is 12.3. The summed E-state index contributed by atoms with van der Waals surface area (Å²) in [6.45, 7) is 0. The van der Waals surface area contributed by atoms with Gasteiger partial charge in [-0.2, -0.15) is 0 Å². The largest absolute Gasteiger partial charge is 0.480 e. The van der Waals surface area contributed by atoms with Crippen LogP contribution in [0.3, 0.4) is 0 Å². The molecule has 0 aromatic heterocycles. The molecule has 0 amide bonds. The molecule has 0 aromatic carbocycles. The highest BCUT2D eigenvalue weighted by Gasteiger charge is 2.22. The average Bonchev–Trinajstić information content (AvgIpc) is 2.55. The van der Waals surface area contributed by atoms with Crippen LogP contribution in [0.15, 0.2) is 10.2 Å². The SMILES string of the molecule is [N-]=[N+]=NC(N)CCC[C@H](NN[C@H](CCCC(N)N=[N+]=[N-])C(=O)O)C(=O)O. The highest BCUT2D eigenvalue weighted by Crippen LogP contribution is 2.07. The lowest BCUT2D eigenvalue weighted by Gasteiger charge is -2.20. The van der Waals surface area contributed by atoms with Crippen LogP contribution in [0.2, 0.25) is 0 Å². The van der Waals surface area contributed by atoms with E-state index in [4.69, 9.17) is 22.5 Å². The third kappa shape index (κ3) is 11.0. The van der Waals surface area contributed by atoms with E-state index in [-0.39, 0.29) is 12.8 Å². The third-order valence-electron chi connectivity index (χ3n) is 3.41. The Hall–Kier alpha value is -2.60. The Bertz CT molecular complexity index is 498. The summed E-state index contributed by atoms with van der Waals surface area (Å²) in [4.78, 5) is 27.6. The van der Waals surface area contributed by atoms with Gasteiger partial charge in [-0.3, -0.25) is 9.59 Å². The highest BCUT2D eigenvalue weighted by molar-refractivity contribution is 5.74. The van der Waals surface area contributed by atoms with Gasteiger partial charge in [-0.05, 0) is 49.6 Å². The van der Waals surface area contributed by atoms with Crippen molar-refractivity contribution >= 4 is 11.9 Å². The van der Waals surface area contributed by atoms with Crippen molar-refractivity contribution in [3.8, 4) is 0 Å². The molecular formula is C12H24N10O4. The molecule has 0 aliphatic rings. The van der Waals surface area contributed by atoms with Crippen LogP contribution < -0.4 is 22.3 Å². The zero-order valence-electron chi connectivity index (χ0n) is 14.1. The standard InChI is InChI=1S/C12H24N10O4/c13-9(19-21-15)5-1-3-7(11(23)24)17-18-8(12(25)26)4-2-6-10(14)20-22-16/h7-10,17-18H,1-6,13-14H2,(H,23,24)(H,25,26)/t7-,8+,9?,10?. The quantitative estimate of drug-likeness (QED) is 0.102. The number of nitrogens with two attached hydrogens (primary N) is 2. The van der Waals surface area contributed by atoms with Crippen LogP contribution in [-0.4, -0.2) is 46.6 Å². The van der Waals surface area contributed by atoms with Gasteiger partial charge in [-0.15, -0.1) is 0 Å². The third-order valence-corrected chi connectivity index (χ3v) is 3.41. The lowest BCUT2D eigenvalue weighted by molar-refractivity contribution is -0.143. The summed E-state index contributed by atoms with van der Waals surface area (Å²) >= 11 is 0. The first-order valence-corrected chi connectivity index (χ1v) is 7.88. The predicted molar refractivity (Wildman–Crippen MR) is 91.1 cm³/mol. The molecular weight excluding hydrogens is 348 g/mol. The first-order chi connectivity index (χ1) is 12.3. The second-order valence-electron chi connectivity index (χ2n) is 5.48. The van der Waals surface area contributed by atoms with Crippen molar-refractivity contribution in [2.45, 2.75) is 62.9 Å². The Morgan fingerprint density at radius 3 is 1.46 bits per heavy atom. The molecule has 146 valence electrons. The van der Waals surface area contributed by atoms with E-state index >= 15 is 0 Å².